The number of nitrogens with one attached hydrogen (secondary N) is 4. The normalized spacial score (nSPS) is 26.0. The first-order valence-electron chi connectivity index (χ1n) is 35.2. The summed E-state index contributed by atoms with van der Waals surface area (Å²) in [6, 6.07) is -12.8. The average molecular weight is 1390 g/mol. The number of nitrogens with zero attached hydrogens (tertiary/aromatic N) is 8. The van der Waals surface area contributed by atoms with E-state index in [1.807, 2.05) is 54.5 Å². The van der Waals surface area contributed by atoms with E-state index in [4.69, 9.17) is 4.74 Å². The van der Waals surface area contributed by atoms with Crippen LogP contribution in [-0.2, 0) is 57.5 Å². The highest BCUT2D eigenvalue weighted by Gasteiger charge is 2.47. The topological polar surface area (TPSA) is 291 Å². The highest BCUT2D eigenvalue weighted by Crippen LogP contribution is 2.29. The first-order chi connectivity index (χ1) is 45.0. The third-order valence-electron chi connectivity index (χ3n) is 18.8. The molecule has 11 amide bonds. The van der Waals surface area contributed by atoms with E-state index in [0.717, 1.165) is 31.0 Å². The molecular formula is C71H130N12O13S. The largest absolute Gasteiger partial charge is 0.390 e. The fraction of sp³-hybridized carbons (Fsp3) is 0.817. The van der Waals surface area contributed by atoms with Crippen LogP contribution >= 0.6 is 11.8 Å². The number of methoxy groups -OCH3 is 1. The fourth-order valence-corrected chi connectivity index (χ4v) is 13.4. The number of thioether (sulfide) groups is 1. The third kappa shape index (κ3) is 26.0. The van der Waals surface area contributed by atoms with Crippen molar-refractivity contribution in [2.45, 2.75) is 260 Å². The Morgan fingerprint density at radius 2 is 0.990 bits per heavy atom. The smallest absolute Gasteiger partial charge is 0.256 e. The van der Waals surface area contributed by atoms with E-state index >= 15 is 33.6 Å². The van der Waals surface area contributed by atoms with Crippen molar-refractivity contribution in [3.8, 4) is 0 Å². The van der Waals surface area contributed by atoms with Crippen LogP contribution in [0.1, 0.15) is 183 Å². The number of likely N-dealkylation sites (N-methyl/N-ethyl adjacent to an activating group) is 7. The van der Waals surface area contributed by atoms with E-state index in [9.17, 15) is 24.3 Å². The van der Waals surface area contributed by atoms with Gasteiger partial charge in [0.25, 0.3) is 5.91 Å². The zero-order valence-electron chi connectivity index (χ0n) is 64.4. The Kier molecular flexibility index (Phi) is 38.3. The lowest BCUT2D eigenvalue weighted by atomic mass is 9.91. The van der Waals surface area contributed by atoms with Crippen molar-refractivity contribution in [3.05, 3.63) is 12.2 Å². The van der Waals surface area contributed by atoms with Crippen molar-refractivity contribution in [2.24, 2.45) is 35.5 Å². The highest BCUT2D eigenvalue weighted by molar-refractivity contribution is 8.00. The second-order valence-electron chi connectivity index (χ2n) is 29.3. The molecule has 25 nitrogen and oxygen atoms in total. The quantitative estimate of drug-likeness (QED) is 0.0612. The van der Waals surface area contributed by atoms with Crippen LogP contribution < -0.4 is 21.3 Å². The molecule has 97 heavy (non-hydrogen) atoms. The molecule has 0 spiro atoms. The van der Waals surface area contributed by atoms with Crippen molar-refractivity contribution < 1.29 is 62.6 Å². The van der Waals surface area contributed by atoms with E-state index < -0.39 is 160 Å². The van der Waals surface area contributed by atoms with Crippen molar-refractivity contribution >= 4 is 76.7 Å². The summed E-state index contributed by atoms with van der Waals surface area (Å²) in [6.07, 6.45) is 4.11. The lowest BCUT2D eigenvalue weighted by Crippen LogP contribution is -2.64. The van der Waals surface area contributed by atoms with Gasteiger partial charge in [0.05, 0.1) is 11.7 Å². The SMILES string of the molecule is C/C=C/C[C@@H](C)[C@@H](O)[C@H]1C(=O)N[C@@H](CC)C(=O)N(C)[C@H](SCCCCN(CC)CC)C(=O)N(C)[C@@H](CC(C)(C)OC)C(=O)N[C@@H](C(C)C)C(=O)N(C)[C@@H](CC(C)C)C(=O)N[C@@H](C)C(=O)N[C@H](C)C(=O)N(C)[C@@H](CC(C)C)C(=O)N(C)[C@@H](CC(C)C)C(=O)N(C)[C@@H](C(C)C)C(=O)N1C. The molecule has 1 rings (SSSR count). The van der Waals surface area contributed by atoms with Crippen LogP contribution in [0, 0.1) is 35.5 Å². The van der Waals surface area contributed by atoms with Crippen molar-refractivity contribution in [1.29, 1.82) is 0 Å². The molecule has 0 aliphatic carbocycles. The minimum atomic E-state index is -1.65. The molecule has 0 aromatic rings. The number of ether oxygens (including phenoxy) is 1. The molecule has 5 N–H and O–H groups in total. The summed E-state index contributed by atoms with van der Waals surface area (Å²) in [5.41, 5.74) is -1.04. The van der Waals surface area contributed by atoms with Crippen molar-refractivity contribution in [3.63, 3.8) is 0 Å². The lowest BCUT2D eigenvalue weighted by molar-refractivity contribution is -0.157. The Bertz CT molecular complexity index is 2620. The Balaban J connectivity index is 4.61. The first kappa shape index (κ1) is 89.2. The van der Waals surface area contributed by atoms with Gasteiger partial charge in [0.15, 0.2) is 5.37 Å². The van der Waals surface area contributed by atoms with Gasteiger partial charge in [0.1, 0.15) is 60.4 Å². The molecule has 1 aliphatic rings. The zero-order chi connectivity index (χ0) is 75.0. The van der Waals surface area contributed by atoms with Gasteiger partial charge in [-0.2, -0.15) is 0 Å². The minimum Gasteiger partial charge on any atom is -0.390 e. The summed E-state index contributed by atoms with van der Waals surface area (Å²) >= 11 is 1.19. The Hall–Kier alpha value is -5.86. The molecule has 1 heterocycles. The maximum atomic E-state index is 15.5. The van der Waals surface area contributed by atoms with Gasteiger partial charge in [-0.05, 0) is 140 Å². The van der Waals surface area contributed by atoms with Crippen LogP contribution in [0.2, 0.25) is 0 Å². The number of carbonyl (C=O) groups is 11. The summed E-state index contributed by atoms with van der Waals surface area (Å²) in [7, 11) is 11.5. The predicted octanol–water partition coefficient (Wildman–Crippen LogP) is 5.22. The third-order valence-corrected chi connectivity index (χ3v) is 20.1. The summed E-state index contributed by atoms with van der Waals surface area (Å²) in [4.78, 5) is 176. The first-order valence-corrected chi connectivity index (χ1v) is 36.3. The molecule has 1 saturated heterocycles. The molecule has 1 fully saturated rings. The highest BCUT2D eigenvalue weighted by atomic mass is 32.2. The van der Waals surface area contributed by atoms with Gasteiger partial charge in [0, 0.05) is 62.9 Å². The number of allylic oxidation sites excluding steroid dienone is 2. The van der Waals surface area contributed by atoms with Crippen molar-refractivity contribution in [2.75, 3.05) is 81.8 Å². The molecule has 26 heteroatoms. The van der Waals surface area contributed by atoms with E-state index in [0.29, 0.717) is 18.6 Å². The maximum Gasteiger partial charge on any atom is 0.256 e. The van der Waals surface area contributed by atoms with Crippen LogP contribution in [0.4, 0.5) is 0 Å². The molecule has 0 bridgehead atoms. The van der Waals surface area contributed by atoms with Gasteiger partial charge in [-0.15, -0.1) is 11.8 Å². The Labute approximate surface area is 587 Å². The molecule has 13 atom stereocenters. The van der Waals surface area contributed by atoms with Crippen LogP contribution in [0.5, 0.6) is 0 Å². The molecule has 0 radical (unpaired) electrons. The number of unbranched alkanes of at least 4 members (excludes halogenated alkanes) is 1. The zero-order valence-corrected chi connectivity index (χ0v) is 65.2. The van der Waals surface area contributed by atoms with Gasteiger partial charge in [-0.25, -0.2) is 0 Å². The van der Waals surface area contributed by atoms with E-state index in [2.05, 4.69) is 40.0 Å². The average Bonchev–Trinajstić information content (AvgIpc) is 0.815. The van der Waals surface area contributed by atoms with Crippen molar-refractivity contribution in [1.82, 2.24) is 60.5 Å². The fourth-order valence-electron chi connectivity index (χ4n) is 12.1. The van der Waals surface area contributed by atoms with Gasteiger partial charge in [0.2, 0.25) is 59.1 Å². The molecular weight excluding hydrogens is 1260 g/mol. The van der Waals surface area contributed by atoms with Gasteiger partial charge in [-0.1, -0.05) is 109 Å². The van der Waals surface area contributed by atoms with Gasteiger partial charge in [-0.3, -0.25) is 52.7 Å². The lowest BCUT2D eigenvalue weighted by Gasteiger charge is -2.41. The molecule has 0 aromatic carbocycles. The van der Waals surface area contributed by atoms with E-state index in [1.54, 1.807) is 61.5 Å². The van der Waals surface area contributed by atoms with Crippen LogP contribution in [0.15, 0.2) is 12.2 Å². The number of rotatable bonds is 24. The Morgan fingerprint density at radius 3 is 1.46 bits per heavy atom. The van der Waals surface area contributed by atoms with Crippen LogP contribution in [0.3, 0.4) is 0 Å². The second-order valence-corrected chi connectivity index (χ2v) is 30.5. The second kappa shape index (κ2) is 41.6. The van der Waals surface area contributed by atoms with Crippen LogP contribution in [-0.4, -0.2) is 269 Å². The molecule has 1 aliphatic heterocycles. The van der Waals surface area contributed by atoms with E-state index in [-0.39, 0.29) is 49.9 Å². The standard InChI is InChI=1S/C71H130N12O13S/c1-28-32-35-47(15)58(84)57-62(88)74-50(29-2)64(90)82(26)70(97-37-34-33-36-83(30-3)31-4)69(95)79(23)54(41-71(18,19)96-27)61(87)75-55(45(11)12)67(93)76(20)51(38-42(5)6)60(86)72-48(16)59(85)73-49(17)63(89)77(21)52(39-43(7)8)65(91)78(22)53(40-44(9)10)66(92)80(24)56(46(13)14)68(94)81(57)25/h28,32,42-58,70,84H,29-31,33-41H2,1-27H3,(H,72,86)(H,73,85)(H,74,88)(H,75,87)/b32-28+/t47-,48+,49-,50+,51+,52+,53+,54+,55+,56+,57+,58-,70-/m1/s1. The van der Waals surface area contributed by atoms with Gasteiger partial charge >= 0.3 is 0 Å². The van der Waals surface area contributed by atoms with E-state index in [1.165, 1.54) is 111 Å². The summed E-state index contributed by atoms with van der Waals surface area (Å²) in [5, 5.41) is 22.3. The van der Waals surface area contributed by atoms with Crippen LogP contribution in [0.25, 0.3) is 0 Å². The summed E-state index contributed by atoms with van der Waals surface area (Å²) in [5.74, 6) is -9.51. The molecule has 0 saturated carbocycles. The molecule has 0 aromatic heterocycles. The predicted molar refractivity (Wildman–Crippen MR) is 383 cm³/mol. The number of aliphatic hydroxyl groups is 1. The monoisotopic (exact) mass is 1390 g/mol. The summed E-state index contributed by atoms with van der Waals surface area (Å²) in [6.45, 7) is 36.4. The Morgan fingerprint density at radius 1 is 0.526 bits per heavy atom. The minimum absolute atomic E-state index is 0.00894. The number of aliphatic hydroxyl groups excluding tert-OH is 1. The number of amides is 11. The van der Waals surface area contributed by atoms with Gasteiger partial charge < -0.3 is 70.3 Å². The molecule has 558 valence electrons. The maximum absolute atomic E-state index is 15.5. The molecule has 0 unspecified atom stereocenters. The number of hydrogen-bond acceptors (Lipinski definition) is 15. The number of hydrogen-bond donors (Lipinski definition) is 5. The number of carbonyl (C=O) groups excluding carboxylic acids is 11. The summed E-state index contributed by atoms with van der Waals surface area (Å²) < 4.78 is 5.86.